The molecular formula is C25H28BrN7O3S. The molecule has 1 amide bonds. The molecule has 0 radical (unpaired) electrons. The van der Waals surface area contributed by atoms with Crippen LogP contribution in [0.2, 0.25) is 0 Å². The second kappa shape index (κ2) is 9.64. The first-order valence-corrected chi connectivity index (χ1v) is 14.9. The van der Waals surface area contributed by atoms with Crippen LogP contribution in [0, 0.1) is 5.41 Å². The second-order valence-electron chi connectivity index (χ2n) is 9.92. The number of halogens is 1. The van der Waals surface area contributed by atoms with Gasteiger partial charge in [-0.05, 0) is 65.4 Å². The van der Waals surface area contributed by atoms with Crippen molar-refractivity contribution in [3.05, 3.63) is 46.8 Å². The van der Waals surface area contributed by atoms with E-state index in [9.17, 15) is 13.2 Å². The molecule has 194 valence electrons. The van der Waals surface area contributed by atoms with E-state index in [-0.39, 0.29) is 17.7 Å². The molecule has 37 heavy (non-hydrogen) atoms. The normalized spacial score (nSPS) is 19.9. The van der Waals surface area contributed by atoms with E-state index in [1.54, 1.807) is 24.1 Å². The Morgan fingerprint density at radius 3 is 2.86 bits per heavy atom. The molecule has 2 N–H and O–H groups in total. The van der Waals surface area contributed by atoms with Crippen molar-refractivity contribution >= 4 is 59.6 Å². The predicted octanol–water partition coefficient (Wildman–Crippen LogP) is 3.43. The van der Waals surface area contributed by atoms with Gasteiger partial charge in [-0.3, -0.25) is 9.78 Å². The van der Waals surface area contributed by atoms with E-state index in [4.69, 9.17) is 4.98 Å². The fraction of sp³-hybridized carbons (Fsp3) is 0.400. The maximum atomic E-state index is 12.3. The van der Waals surface area contributed by atoms with Crippen LogP contribution in [-0.2, 0) is 21.1 Å². The third-order valence-electron chi connectivity index (χ3n) is 6.98. The van der Waals surface area contributed by atoms with Crippen LogP contribution in [-0.4, -0.2) is 64.2 Å². The molecule has 3 heterocycles. The summed E-state index contributed by atoms with van der Waals surface area (Å²) in [7, 11) is -1.48. The van der Waals surface area contributed by atoms with Gasteiger partial charge in [0.15, 0.2) is 5.65 Å². The van der Waals surface area contributed by atoms with Gasteiger partial charge >= 0.3 is 0 Å². The van der Waals surface area contributed by atoms with Gasteiger partial charge in [0.25, 0.3) is 0 Å². The zero-order chi connectivity index (χ0) is 26.4. The van der Waals surface area contributed by atoms with E-state index < -0.39 is 15.3 Å². The molecule has 5 rings (SSSR count). The highest BCUT2D eigenvalue weighted by molar-refractivity contribution is 9.10. The molecule has 1 aliphatic carbocycles. The Morgan fingerprint density at radius 1 is 1.30 bits per heavy atom. The minimum Gasteiger partial charge on any atom is -0.359 e. The lowest BCUT2D eigenvalue weighted by Crippen LogP contribution is -2.35. The number of carbonyl (C=O) groups is 1. The summed E-state index contributed by atoms with van der Waals surface area (Å²) in [5.41, 5.74) is 2.53. The van der Waals surface area contributed by atoms with Crippen LogP contribution in [0.5, 0.6) is 0 Å². The Labute approximate surface area is 223 Å². The summed E-state index contributed by atoms with van der Waals surface area (Å²) in [6.45, 7) is 1.99. The summed E-state index contributed by atoms with van der Waals surface area (Å²) in [4.78, 5) is 26.1. The fourth-order valence-electron chi connectivity index (χ4n) is 5.03. The zero-order valence-electron chi connectivity index (χ0n) is 20.8. The molecule has 3 aromatic heterocycles. The number of aromatic nitrogens is 5. The summed E-state index contributed by atoms with van der Waals surface area (Å²) >= 11 is 3.52. The lowest BCUT2D eigenvalue weighted by Gasteiger charge is -2.22. The van der Waals surface area contributed by atoms with Gasteiger partial charge in [0.1, 0.15) is 14.4 Å². The largest absolute Gasteiger partial charge is 0.359 e. The SMILES string of the molecule is CNC(=O)[C@]1(C)CC[C@@H](Nc2ncc3c(Br)nn(-c4cc(CCS(C)(=O)=O)c5ncccc5c4)c3n2)C1. The van der Waals surface area contributed by atoms with Crippen LogP contribution in [0.25, 0.3) is 27.6 Å². The highest BCUT2D eigenvalue weighted by atomic mass is 79.9. The van der Waals surface area contributed by atoms with Crippen molar-refractivity contribution in [2.75, 3.05) is 24.4 Å². The van der Waals surface area contributed by atoms with Crippen molar-refractivity contribution in [3.63, 3.8) is 0 Å². The molecule has 0 bridgehead atoms. The van der Waals surface area contributed by atoms with Crippen molar-refractivity contribution in [1.82, 2.24) is 30.0 Å². The molecule has 1 saturated carbocycles. The van der Waals surface area contributed by atoms with Crippen LogP contribution >= 0.6 is 15.9 Å². The van der Waals surface area contributed by atoms with Crippen LogP contribution in [0.3, 0.4) is 0 Å². The second-order valence-corrected chi connectivity index (χ2v) is 12.9. The Bertz CT molecular complexity index is 1620. The average Bonchev–Trinajstić information content (AvgIpc) is 3.41. The number of fused-ring (bicyclic) bond motifs is 2. The number of benzene rings is 1. The highest BCUT2D eigenvalue weighted by Gasteiger charge is 2.41. The Kier molecular flexibility index (Phi) is 6.65. The number of nitrogens with one attached hydrogen (secondary N) is 2. The minimum absolute atomic E-state index is 0.0261. The molecule has 10 nitrogen and oxygen atoms in total. The maximum absolute atomic E-state index is 12.3. The van der Waals surface area contributed by atoms with Gasteiger partial charge in [-0.2, -0.15) is 10.1 Å². The molecule has 0 unspecified atom stereocenters. The van der Waals surface area contributed by atoms with E-state index in [1.807, 2.05) is 31.2 Å². The van der Waals surface area contributed by atoms with Crippen molar-refractivity contribution in [1.29, 1.82) is 0 Å². The van der Waals surface area contributed by atoms with Gasteiger partial charge in [-0.25, -0.2) is 18.1 Å². The summed E-state index contributed by atoms with van der Waals surface area (Å²) in [5.74, 6) is 0.540. The summed E-state index contributed by atoms with van der Waals surface area (Å²) in [5, 5.41) is 12.5. The van der Waals surface area contributed by atoms with E-state index >= 15 is 0 Å². The average molecular weight is 587 g/mol. The van der Waals surface area contributed by atoms with Crippen LogP contribution < -0.4 is 10.6 Å². The smallest absolute Gasteiger partial charge is 0.225 e. The first-order chi connectivity index (χ1) is 17.6. The number of nitrogens with zero attached hydrogens (tertiary/aromatic N) is 5. The molecule has 0 saturated heterocycles. The molecule has 1 aliphatic rings. The lowest BCUT2D eigenvalue weighted by atomic mass is 9.87. The lowest BCUT2D eigenvalue weighted by molar-refractivity contribution is -0.129. The first-order valence-electron chi connectivity index (χ1n) is 12.0. The number of rotatable bonds is 7. The van der Waals surface area contributed by atoms with Gasteiger partial charge in [0.05, 0.1) is 22.3 Å². The standard InChI is InChI=1S/C25H28BrN7O3S/c1-25(23(34)27-2)8-6-17(13-25)30-24-29-14-19-21(26)32-33(22(19)31-24)18-11-15-5-4-9-28-20(15)16(12-18)7-10-37(3,35)36/h4-5,9,11-12,14,17H,6-8,10,13H2,1-3H3,(H,27,34)(H,29,30,31)/t17-,25-/m1/s1. The summed E-state index contributed by atoms with van der Waals surface area (Å²) < 4.78 is 26.0. The molecule has 1 aromatic carbocycles. The van der Waals surface area contributed by atoms with Crippen LogP contribution in [0.1, 0.15) is 31.7 Å². The molecule has 12 heteroatoms. The summed E-state index contributed by atoms with van der Waals surface area (Å²) in [6.07, 6.45) is 7.32. The molecular weight excluding hydrogens is 558 g/mol. The van der Waals surface area contributed by atoms with Gasteiger partial charge in [-0.1, -0.05) is 13.0 Å². The molecule has 2 atom stereocenters. The Hall–Kier alpha value is -3.12. The number of hydrogen-bond donors (Lipinski definition) is 2. The van der Waals surface area contributed by atoms with Gasteiger partial charge in [0.2, 0.25) is 11.9 Å². The summed E-state index contributed by atoms with van der Waals surface area (Å²) in [6, 6.07) is 7.75. The van der Waals surface area contributed by atoms with E-state index in [0.717, 1.165) is 40.4 Å². The molecule has 1 fully saturated rings. The monoisotopic (exact) mass is 585 g/mol. The van der Waals surface area contributed by atoms with Crippen molar-refractivity contribution < 1.29 is 13.2 Å². The fourth-order valence-corrected chi connectivity index (χ4v) is 6.06. The Morgan fingerprint density at radius 2 is 2.11 bits per heavy atom. The van der Waals surface area contributed by atoms with Crippen molar-refractivity contribution in [2.45, 2.75) is 38.6 Å². The third-order valence-corrected chi connectivity index (χ3v) is 8.52. The third kappa shape index (κ3) is 5.17. The first kappa shape index (κ1) is 25.5. The number of pyridine rings is 1. The zero-order valence-corrected chi connectivity index (χ0v) is 23.2. The molecule has 0 aliphatic heterocycles. The highest BCUT2D eigenvalue weighted by Crippen LogP contribution is 2.39. The van der Waals surface area contributed by atoms with E-state index in [2.05, 4.69) is 41.6 Å². The predicted molar refractivity (Wildman–Crippen MR) is 147 cm³/mol. The number of carbonyl (C=O) groups excluding carboxylic acids is 1. The van der Waals surface area contributed by atoms with Crippen LogP contribution in [0.15, 0.2) is 41.3 Å². The Balaban J connectivity index is 1.52. The maximum Gasteiger partial charge on any atom is 0.225 e. The molecule has 0 spiro atoms. The number of hydrogen-bond acceptors (Lipinski definition) is 8. The number of sulfone groups is 1. The van der Waals surface area contributed by atoms with E-state index in [1.165, 1.54) is 6.26 Å². The van der Waals surface area contributed by atoms with Gasteiger partial charge in [0, 0.05) is 42.5 Å². The minimum atomic E-state index is -3.14. The topological polar surface area (TPSA) is 132 Å². The van der Waals surface area contributed by atoms with Crippen molar-refractivity contribution in [2.24, 2.45) is 5.41 Å². The molecule has 4 aromatic rings. The van der Waals surface area contributed by atoms with E-state index in [0.29, 0.717) is 29.0 Å². The number of amides is 1. The van der Waals surface area contributed by atoms with Crippen molar-refractivity contribution in [3.8, 4) is 5.69 Å². The van der Waals surface area contributed by atoms with Crippen LogP contribution in [0.4, 0.5) is 5.95 Å². The quantitative estimate of drug-likeness (QED) is 0.337. The number of anilines is 1. The number of aryl methyl sites for hydroxylation is 1. The van der Waals surface area contributed by atoms with Gasteiger partial charge < -0.3 is 10.6 Å². The van der Waals surface area contributed by atoms with Gasteiger partial charge in [-0.15, -0.1) is 0 Å².